The number of hydrogen-bond donors (Lipinski definition) is 2. The van der Waals surface area contributed by atoms with Gasteiger partial charge in [-0.3, -0.25) is 4.79 Å². The zero-order valence-corrected chi connectivity index (χ0v) is 24.0. The first kappa shape index (κ1) is 29.9. The van der Waals surface area contributed by atoms with E-state index in [2.05, 4.69) is 13.0 Å². The summed E-state index contributed by atoms with van der Waals surface area (Å²) in [5.41, 5.74) is 2.33. The highest BCUT2D eigenvalue weighted by Gasteiger charge is 2.47. The van der Waals surface area contributed by atoms with Gasteiger partial charge in [0.2, 0.25) is 0 Å². The van der Waals surface area contributed by atoms with Gasteiger partial charge in [0.05, 0.1) is 12.0 Å². The molecule has 1 aromatic carbocycles. The Balaban J connectivity index is 1.37. The molecular formula is C33H50O6. The molecule has 6 heteroatoms. The Labute approximate surface area is 234 Å². The molecule has 2 N–H and O–H groups in total. The van der Waals surface area contributed by atoms with Crippen molar-refractivity contribution in [3.05, 3.63) is 29.3 Å². The third-order valence-electron chi connectivity index (χ3n) is 9.60. The molecule has 0 unspecified atom stereocenters. The highest BCUT2D eigenvalue weighted by atomic mass is 16.5. The Bertz CT molecular complexity index is 923. The average Bonchev–Trinajstić information content (AvgIpc) is 3.57. The van der Waals surface area contributed by atoms with E-state index in [0.29, 0.717) is 17.6 Å². The van der Waals surface area contributed by atoms with Crippen molar-refractivity contribution < 1.29 is 29.3 Å². The third-order valence-corrected chi connectivity index (χ3v) is 9.60. The Morgan fingerprint density at radius 2 is 1.74 bits per heavy atom. The van der Waals surface area contributed by atoms with E-state index in [0.717, 1.165) is 76.2 Å². The second-order valence-electron chi connectivity index (χ2n) is 12.4. The van der Waals surface area contributed by atoms with Gasteiger partial charge in [-0.1, -0.05) is 76.8 Å². The molecule has 0 heterocycles. The van der Waals surface area contributed by atoms with Crippen LogP contribution in [0.3, 0.4) is 0 Å². The van der Waals surface area contributed by atoms with Crippen molar-refractivity contribution in [3.8, 4) is 5.75 Å². The number of ether oxygens (including phenoxy) is 2. The monoisotopic (exact) mass is 542 g/mol. The van der Waals surface area contributed by atoms with Gasteiger partial charge < -0.3 is 19.7 Å². The molecule has 2 fully saturated rings. The molecule has 0 bridgehead atoms. The van der Waals surface area contributed by atoms with Gasteiger partial charge in [-0.25, -0.2) is 4.79 Å². The molecule has 218 valence electrons. The van der Waals surface area contributed by atoms with Gasteiger partial charge in [0, 0.05) is 0 Å². The molecule has 1 aromatic rings. The lowest BCUT2D eigenvalue weighted by molar-refractivity contribution is -0.156. The van der Waals surface area contributed by atoms with E-state index in [1.54, 1.807) is 0 Å². The molecule has 39 heavy (non-hydrogen) atoms. The van der Waals surface area contributed by atoms with Crippen LogP contribution in [0, 0.1) is 23.7 Å². The molecule has 2 saturated carbocycles. The molecule has 0 aliphatic heterocycles. The molecule has 0 spiro atoms. The predicted octanol–water partition coefficient (Wildman–Crippen LogP) is 6.88. The fraction of sp³-hybridized carbons (Fsp3) is 0.758. The Morgan fingerprint density at radius 1 is 1.00 bits per heavy atom. The van der Waals surface area contributed by atoms with E-state index in [1.807, 2.05) is 12.1 Å². The normalized spacial score (nSPS) is 25.2. The first-order valence-corrected chi connectivity index (χ1v) is 15.8. The summed E-state index contributed by atoms with van der Waals surface area (Å²) in [5, 5.41) is 19.9. The molecule has 3 aliphatic rings. The van der Waals surface area contributed by atoms with Crippen LogP contribution in [-0.2, 0) is 27.2 Å². The number of aliphatic hydroxyl groups excluding tert-OH is 1. The lowest BCUT2D eigenvalue weighted by Gasteiger charge is -2.33. The summed E-state index contributed by atoms with van der Waals surface area (Å²) in [6.45, 7) is 1.90. The number of carbonyl (C=O) groups excluding carboxylic acids is 1. The Kier molecular flexibility index (Phi) is 11.5. The standard InChI is InChI=1S/C33H50O6/c1-2-3-4-5-6-7-8-15-26(34)17-18-27-28-19-24-14-11-16-30(38-22-32(35)36)29(24)20-25(28)21-31(27)39-33(37)23-12-9-10-13-23/h11,14,16,23,25-28,31,34H,2-10,12-13,15,17-22H2,1H3,(H,35,36)/t25-,26-,27+,28-,31+/m0/s1. The van der Waals surface area contributed by atoms with Crippen LogP contribution >= 0.6 is 0 Å². The lowest BCUT2D eigenvalue weighted by Crippen LogP contribution is -2.31. The summed E-state index contributed by atoms with van der Waals surface area (Å²) in [4.78, 5) is 24.1. The van der Waals surface area contributed by atoms with Gasteiger partial charge in [-0.2, -0.15) is 0 Å². The number of rotatable bonds is 16. The largest absolute Gasteiger partial charge is 0.482 e. The first-order valence-electron chi connectivity index (χ1n) is 15.8. The molecule has 0 saturated heterocycles. The van der Waals surface area contributed by atoms with Gasteiger partial charge in [-0.15, -0.1) is 0 Å². The maximum Gasteiger partial charge on any atom is 0.341 e. The Morgan fingerprint density at radius 3 is 2.49 bits per heavy atom. The van der Waals surface area contributed by atoms with Crippen molar-refractivity contribution in [2.24, 2.45) is 23.7 Å². The zero-order chi connectivity index (χ0) is 27.6. The zero-order valence-electron chi connectivity index (χ0n) is 24.0. The van der Waals surface area contributed by atoms with Crippen molar-refractivity contribution in [1.29, 1.82) is 0 Å². The second-order valence-corrected chi connectivity index (χ2v) is 12.4. The number of fused-ring (bicyclic) bond motifs is 2. The number of carboxylic acids is 1. The van der Waals surface area contributed by atoms with Crippen molar-refractivity contribution in [2.75, 3.05) is 6.61 Å². The number of unbranched alkanes of at least 4 members (excludes halogenated alkanes) is 6. The maximum absolute atomic E-state index is 13.0. The highest BCUT2D eigenvalue weighted by Crippen LogP contribution is 2.50. The average molecular weight is 543 g/mol. The number of hydrogen-bond acceptors (Lipinski definition) is 5. The van der Waals surface area contributed by atoms with E-state index in [4.69, 9.17) is 14.6 Å². The van der Waals surface area contributed by atoms with Gasteiger partial charge >= 0.3 is 11.9 Å². The molecule has 0 amide bonds. The van der Waals surface area contributed by atoms with Crippen LogP contribution in [0.2, 0.25) is 0 Å². The number of aliphatic carboxylic acids is 1. The van der Waals surface area contributed by atoms with Crippen LogP contribution in [-0.4, -0.2) is 41.0 Å². The molecule has 0 radical (unpaired) electrons. The summed E-state index contributed by atoms with van der Waals surface area (Å²) in [6.07, 6.45) is 17.5. The second kappa shape index (κ2) is 15.1. The predicted molar refractivity (Wildman–Crippen MR) is 152 cm³/mol. The summed E-state index contributed by atoms with van der Waals surface area (Å²) >= 11 is 0. The van der Waals surface area contributed by atoms with E-state index in [1.165, 1.54) is 44.1 Å². The van der Waals surface area contributed by atoms with Crippen molar-refractivity contribution in [3.63, 3.8) is 0 Å². The van der Waals surface area contributed by atoms with E-state index < -0.39 is 5.97 Å². The molecule has 6 nitrogen and oxygen atoms in total. The minimum absolute atomic E-state index is 0.0206. The Hall–Kier alpha value is -2.08. The number of carbonyl (C=O) groups is 2. The van der Waals surface area contributed by atoms with Gasteiger partial charge in [0.1, 0.15) is 11.9 Å². The summed E-state index contributed by atoms with van der Waals surface area (Å²) in [5.74, 6) is 0.744. The SMILES string of the molecule is CCCCCCCCC[C@H](O)CC[C@@H]1[C@H]2Cc3cccc(OCC(=O)O)c3C[C@H]2C[C@H]1OC(=O)C1CCCC1. The van der Waals surface area contributed by atoms with Crippen LogP contribution in [0.5, 0.6) is 5.75 Å². The van der Waals surface area contributed by atoms with Gasteiger partial charge in [-0.05, 0) is 86.3 Å². The molecule has 0 aromatic heterocycles. The number of aliphatic hydroxyl groups is 1. The number of benzene rings is 1. The molecule has 5 atom stereocenters. The fourth-order valence-electron chi connectivity index (χ4n) is 7.46. The summed E-state index contributed by atoms with van der Waals surface area (Å²) in [7, 11) is 0. The van der Waals surface area contributed by atoms with Crippen molar-refractivity contribution in [1.82, 2.24) is 0 Å². The molecular weight excluding hydrogens is 492 g/mol. The number of esters is 1. The first-order chi connectivity index (χ1) is 19.0. The van der Waals surface area contributed by atoms with Crippen LogP contribution in [0.4, 0.5) is 0 Å². The lowest BCUT2D eigenvalue weighted by atomic mass is 9.73. The van der Waals surface area contributed by atoms with E-state index in [-0.39, 0.29) is 36.6 Å². The van der Waals surface area contributed by atoms with Crippen molar-refractivity contribution >= 4 is 11.9 Å². The summed E-state index contributed by atoms with van der Waals surface area (Å²) < 4.78 is 11.9. The highest BCUT2D eigenvalue weighted by molar-refractivity contribution is 5.73. The van der Waals surface area contributed by atoms with Crippen LogP contribution in [0.15, 0.2) is 18.2 Å². The fourth-order valence-corrected chi connectivity index (χ4v) is 7.46. The molecule has 3 aliphatic carbocycles. The van der Waals surface area contributed by atoms with Crippen LogP contribution in [0.1, 0.15) is 114 Å². The quantitative estimate of drug-likeness (QED) is 0.175. The van der Waals surface area contributed by atoms with Gasteiger partial charge in [0.25, 0.3) is 0 Å². The van der Waals surface area contributed by atoms with Crippen molar-refractivity contribution in [2.45, 2.75) is 128 Å². The smallest absolute Gasteiger partial charge is 0.341 e. The number of carboxylic acid groups (broad SMARTS) is 1. The minimum Gasteiger partial charge on any atom is -0.482 e. The van der Waals surface area contributed by atoms with E-state index in [9.17, 15) is 14.7 Å². The van der Waals surface area contributed by atoms with Crippen LogP contribution in [0.25, 0.3) is 0 Å². The summed E-state index contributed by atoms with van der Waals surface area (Å²) in [6, 6.07) is 5.94. The van der Waals surface area contributed by atoms with E-state index >= 15 is 0 Å². The molecule has 4 rings (SSSR count). The maximum atomic E-state index is 13.0. The van der Waals surface area contributed by atoms with Gasteiger partial charge in [0.15, 0.2) is 6.61 Å². The topological polar surface area (TPSA) is 93.1 Å². The minimum atomic E-state index is -0.976. The third kappa shape index (κ3) is 8.45. The van der Waals surface area contributed by atoms with Crippen LogP contribution < -0.4 is 4.74 Å².